The summed E-state index contributed by atoms with van der Waals surface area (Å²) in [6.45, 7) is 7.36. The Kier molecular flexibility index (Phi) is 26.3. The van der Waals surface area contributed by atoms with Gasteiger partial charge in [-0.05, 0) is 40.7 Å². The highest BCUT2D eigenvalue weighted by molar-refractivity contribution is 6.33. The number of halogens is 1. The van der Waals surface area contributed by atoms with Crippen LogP contribution in [0.3, 0.4) is 0 Å². The average molecular weight is 1430 g/mol. The molecule has 103 heavy (non-hydrogen) atoms. The van der Waals surface area contributed by atoms with Crippen molar-refractivity contribution in [1.29, 1.82) is 0 Å². The van der Waals surface area contributed by atoms with E-state index in [0.717, 1.165) is 22.8 Å². The van der Waals surface area contributed by atoms with Crippen LogP contribution in [0.5, 0.6) is 11.8 Å². The SMILES string of the molecule is COc1cncc(-c2cnn(C)c2C(=O)CO)n1.COc1cncc(-c2cnn(C)c2C(=O)O)n1.Cc1cc(C)nc(-c2cnn(C)c2C(=O)CO)n1.Cc1cncc(-c2cnn(C)c2C(=O)CO)n1.Cc1cncc(-c2cnn(C)c2C(=O)O)n1.Cc1ncc(Cl)c(-c2cnn(C)c2C(=O)O)n1. The summed E-state index contributed by atoms with van der Waals surface area (Å²) < 4.78 is 18.0. The highest BCUT2D eigenvalue weighted by Crippen LogP contribution is 2.30. The van der Waals surface area contributed by atoms with Crippen molar-refractivity contribution in [3.63, 3.8) is 0 Å². The molecule has 0 unspecified atom stereocenters. The number of carbonyl (C=O) groups is 6. The lowest BCUT2D eigenvalue weighted by atomic mass is 10.1. The second-order valence-corrected chi connectivity index (χ2v) is 21.8. The third-order valence-electron chi connectivity index (χ3n) is 14.1. The van der Waals surface area contributed by atoms with Gasteiger partial charge in [0.25, 0.3) is 0 Å². The highest BCUT2D eigenvalue weighted by atomic mass is 35.5. The van der Waals surface area contributed by atoms with Crippen molar-refractivity contribution in [3.05, 3.63) is 167 Å². The van der Waals surface area contributed by atoms with Crippen molar-refractivity contribution in [2.24, 2.45) is 42.3 Å². The van der Waals surface area contributed by atoms with Crippen LogP contribution in [-0.4, -0.2) is 218 Å². The molecule has 0 atom stereocenters. The van der Waals surface area contributed by atoms with Crippen molar-refractivity contribution in [3.8, 4) is 79.4 Å². The van der Waals surface area contributed by atoms with Gasteiger partial charge in [0.1, 0.15) is 42.7 Å². The van der Waals surface area contributed by atoms with Crippen LogP contribution < -0.4 is 9.47 Å². The van der Waals surface area contributed by atoms with Gasteiger partial charge in [0, 0.05) is 72.3 Å². The standard InChI is InChI=1S/C12H14N4O2.C11H12N4O3.C11H12N4O2.C10H9ClN4O2.C10H10N4O3.C10H10N4O2/c1-7-4-8(2)15-12(14-7)9-5-13-16(3)11(9)10(18)6-17;1-15-11(9(17)6-16)7(3-13-15)8-4-12-5-10(14-8)18-2;1-7-3-12-5-9(14-7)8-4-13-15(2)11(8)10(17)6-16;1-5-12-4-7(11)8(14-5)6-3-13-15(2)9(6)10(16)17;1-14-9(10(15)16)6(3-12-14)7-4-11-5-8(13-7)17-2;1-6-3-11-5-8(13-6)7-4-12-14(2)9(7)10(15)16/h4-5,17H,6H2,1-3H3;3-5,16H,6H2,1-2H3;3-5,16H,6H2,1-2H3;3-4H,1-2H3,(H,16,17);3-5H,1-2H3,(H,15,16);3-5H,1-2H3,(H,15,16). The van der Waals surface area contributed by atoms with Crippen LogP contribution in [0, 0.1) is 34.6 Å². The van der Waals surface area contributed by atoms with E-state index in [4.69, 9.17) is 51.7 Å². The molecule has 12 heterocycles. The number of aromatic carboxylic acids is 3. The number of carboxylic acid groups (broad SMARTS) is 3. The molecular formula is C64H67ClN24O14. The number of Topliss-reactive ketones (excluding diaryl/α,β-unsaturated/α-hetero) is 3. The molecule has 0 aliphatic rings. The van der Waals surface area contributed by atoms with E-state index in [1.807, 2.05) is 26.8 Å². The van der Waals surface area contributed by atoms with Gasteiger partial charge in [0.05, 0.1) is 167 Å². The molecule has 12 aromatic rings. The van der Waals surface area contributed by atoms with E-state index in [1.54, 1.807) is 80.9 Å². The first-order valence-electron chi connectivity index (χ1n) is 29.9. The van der Waals surface area contributed by atoms with Gasteiger partial charge in [-0.25, -0.2) is 54.3 Å². The number of rotatable bonds is 17. The fourth-order valence-corrected chi connectivity index (χ4v) is 9.71. The predicted molar refractivity (Wildman–Crippen MR) is 362 cm³/mol. The molecule has 0 aliphatic heterocycles. The third-order valence-corrected chi connectivity index (χ3v) is 14.3. The number of hydrogen-bond donors (Lipinski definition) is 6. The molecule has 534 valence electrons. The van der Waals surface area contributed by atoms with Crippen LogP contribution >= 0.6 is 11.6 Å². The Morgan fingerprint density at radius 2 is 0.670 bits per heavy atom. The topological polar surface area (TPSA) is 504 Å². The first kappa shape index (κ1) is 77.3. The Morgan fingerprint density at radius 1 is 0.369 bits per heavy atom. The Bertz CT molecular complexity index is 5040. The van der Waals surface area contributed by atoms with Crippen LogP contribution in [0.1, 0.15) is 91.5 Å². The summed E-state index contributed by atoms with van der Waals surface area (Å²) in [5.74, 6) is -2.73. The first-order chi connectivity index (χ1) is 49.0. The van der Waals surface area contributed by atoms with E-state index in [2.05, 4.69) is 90.4 Å². The summed E-state index contributed by atoms with van der Waals surface area (Å²) >= 11 is 5.96. The minimum Gasteiger partial charge on any atom is -0.480 e. The maximum Gasteiger partial charge on any atom is 0.354 e. The second kappa shape index (κ2) is 35.1. The second-order valence-electron chi connectivity index (χ2n) is 21.4. The van der Waals surface area contributed by atoms with Crippen LogP contribution in [0.15, 0.2) is 99.0 Å². The summed E-state index contributed by atoms with van der Waals surface area (Å²) in [6, 6.07) is 1.85. The lowest BCUT2D eigenvalue weighted by Crippen LogP contribution is -2.12. The van der Waals surface area contributed by atoms with Crippen LogP contribution in [0.4, 0.5) is 0 Å². The fourth-order valence-electron chi connectivity index (χ4n) is 9.52. The van der Waals surface area contributed by atoms with Crippen molar-refractivity contribution < 1.29 is 68.9 Å². The normalized spacial score (nSPS) is 10.5. The third kappa shape index (κ3) is 19.0. The molecule has 0 saturated heterocycles. The number of aromatic nitrogens is 24. The predicted octanol–water partition coefficient (Wildman–Crippen LogP) is 4.09. The van der Waals surface area contributed by atoms with Crippen molar-refractivity contribution >= 4 is 46.9 Å². The summed E-state index contributed by atoms with van der Waals surface area (Å²) in [5.41, 5.74) is 9.59. The Morgan fingerprint density at radius 3 is 1.01 bits per heavy atom. The van der Waals surface area contributed by atoms with Crippen LogP contribution in [-0.2, 0) is 42.3 Å². The van der Waals surface area contributed by atoms with Gasteiger partial charge in [0.15, 0.2) is 22.9 Å². The summed E-state index contributed by atoms with van der Waals surface area (Å²) in [5, 5.41) is 78.1. The fraction of sp³-hybridized carbons (Fsp3) is 0.250. The van der Waals surface area contributed by atoms with Crippen molar-refractivity contribution in [2.75, 3.05) is 34.0 Å². The van der Waals surface area contributed by atoms with Crippen molar-refractivity contribution in [1.82, 2.24) is 118 Å². The zero-order valence-electron chi connectivity index (χ0n) is 57.4. The van der Waals surface area contributed by atoms with Gasteiger partial charge in [0.2, 0.25) is 29.1 Å². The molecule has 0 saturated carbocycles. The van der Waals surface area contributed by atoms with E-state index in [9.17, 15) is 28.8 Å². The molecule has 0 aliphatic carbocycles. The molecule has 38 nitrogen and oxygen atoms in total. The summed E-state index contributed by atoms with van der Waals surface area (Å²) in [4.78, 5) is 118. The minimum atomic E-state index is -1.08. The molecule has 0 aromatic carbocycles. The quantitative estimate of drug-likeness (QED) is 0.0699. The number of ether oxygens (including phenoxy) is 2. The Labute approximate surface area is 589 Å². The lowest BCUT2D eigenvalue weighted by Gasteiger charge is -2.04. The summed E-state index contributed by atoms with van der Waals surface area (Å²) in [6.07, 6.45) is 22.6. The molecule has 39 heteroatoms. The van der Waals surface area contributed by atoms with E-state index in [-0.39, 0.29) is 22.9 Å². The minimum absolute atomic E-state index is 0.0463. The number of aryl methyl sites for hydroxylation is 11. The maximum atomic E-state index is 11.7. The van der Waals surface area contributed by atoms with Gasteiger partial charge >= 0.3 is 17.9 Å². The van der Waals surface area contributed by atoms with E-state index >= 15 is 0 Å². The molecule has 12 aromatic heterocycles. The van der Waals surface area contributed by atoms with E-state index in [0.29, 0.717) is 107 Å². The number of methoxy groups -OCH3 is 2. The summed E-state index contributed by atoms with van der Waals surface area (Å²) in [7, 11) is 12.6. The van der Waals surface area contributed by atoms with E-state index < -0.39 is 49.3 Å². The van der Waals surface area contributed by atoms with Gasteiger partial charge in [-0.2, -0.15) is 30.6 Å². The molecule has 0 radical (unpaired) electrons. The largest absolute Gasteiger partial charge is 0.480 e. The van der Waals surface area contributed by atoms with Gasteiger partial charge < -0.3 is 40.1 Å². The highest BCUT2D eigenvalue weighted by Gasteiger charge is 2.25. The first-order valence-corrected chi connectivity index (χ1v) is 30.3. The smallest absolute Gasteiger partial charge is 0.354 e. The number of aliphatic hydroxyl groups is 3. The van der Waals surface area contributed by atoms with Gasteiger partial charge in [-0.1, -0.05) is 11.6 Å². The molecule has 6 N–H and O–H groups in total. The monoisotopic (exact) mass is 1430 g/mol. The number of aliphatic hydroxyl groups excluding tert-OH is 3. The van der Waals surface area contributed by atoms with Crippen LogP contribution in [0.25, 0.3) is 67.7 Å². The zero-order chi connectivity index (χ0) is 75.5. The lowest BCUT2D eigenvalue weighted by molar-refractivity contribution is 0.0675. The molecule has 0 bridgehead atoms. The molecule has 0 amide bonds. The Balaban J connectivity index is 0.000000173. The van der Waals surface area contributed by atoms with Gasteiger partial charge in [-0.15, -0.1) is 0 Å². The molecule has 0 fully saturated rings. The molecule has 12 rings (SSSR count). The molecular weight excluding hydrogens is 1360 g/mol. The molecule has 0 spiro atoms. The number of carboxylic acids is 3. The van der Waals surface area contributed by atoms with Crippen molar-refractivity contribution in [2.45, 2.75) is 34.6 Å². The maximum absolute atomic E-state index is 11.7. The average Bonchev–Trinajstić information content (AvgIpc) is 1.75. The number of hydrogen-bond acceptors (Lipinski definition) is 29. The van der Waals surface area contributed by atoms with Crippen LogP contribution in [0.2, 0.25) is 5.02 Å². The zero-order valence-corrected chi connectivity index (χ0v) is 58.2. The van der Waals surface area contributed by atoms with Gasteiger partial charge in [-0.3, -0.25) is 62.4 Å². The number of ketones is 3. The van der Waals surface area contributed by atoms with E-state index in [1.165, 1.54) is 110 Å². The Hall–Kier alpha value is -13.1. The number of nitrogens with zero attached hydrogens (tertiary/aromatic N) is 24. The number of carbonyl (C=O) groups excluding carboxylic acids is 3.